The SMILES string of the molecule is CSC(C)(C)[C@H](N)C(=O)N1CCC(c2cc(Cc3ccccc3)[nH]n2)CC1.Cl. The van der Waals surface area contributed by atoms with E-state index in [1.165, 1.54) is 5.56 Å². The van der Waals surface area contributed by atoms with Crippen molar-refractivity contribution in [3.63, 3.8) is 0 Å². The van der Waals surface area contributed by atoms with Crippen molar-refractivity contribution in [3.05, 3.63) is 53.3 Å². The molecule has 5 nitrogen and oxygen atoms in total. The van der Waals surface area contributed by atoms with Crippen molar-refractivity contribution in [2.75, 3.05) is 19.3 Å². The first-order valence-corrected chi connectivity index (χ1v) is 10.8. The molecule has 0 aliphatic carbocycles. The van der Waals surface area contributed by atoms with Crippen LogP contribution in [-0.2, 0) is 11.2 Å². The van der Waals surface area contributed by atoms with Crippen molar-refractivity contribution < 1.29 is 4.79 Å². The lowest BCUT2D eigenvalue weighted by Crippen LogP contribution is -2.54. The predicted molar refractivity (Wildman–Crippen MR) is 119 cm³/mol. The Labute approximate surface area is 178 Å². The van der Waals surface area contributed by atoms with E-state index in [9.17, 15) is 4.79 Å². The van der Waals surface area contributed by atoms with Gasteiger partial charge in [-0.1, -0.05) is 30.3 Å². The van der Waals surface area contributed by atoms with Crippen LogP contribution in [0.15, 0.2) is 36.4 Å². The molecule has 1 amide bonds. The number of carbonyl (C=O) groups is 1. The molecule has 154 valence electrons. The Morgan fingerprint density at radius 1 is 1.32 bits per heavy atom. The highest BCUT2D eigenvalue weighted by molar-refractivity contribution is 8.00. The first kappa shape index (κ1) is 22.8. The minimum absolute atomic E-state index is 0. The number of hydrogen-bond acceptors (Lipinski definition) is 4. The monoisotopic (exact) mass is 422 g/mol. The normalized spacial score (nSPS) is 16.5. The number of nitrogens with two attached hydrogens (primary N) is 1. The Morgan fingerprint density at radius 2 is 1.96 bits per heavy atom. The summed E-state index contributed by atoms with van der Waals surface area (Å²) in [5.74, 6) is 0.471. The van der Waals surface area contributed by atoms with E-state index in [0.717, 1.165) is 43.7 Å². The van der Waals surface area contributed by atoms with Crippen molar-refractivity contribution >= 4 is 30.1 Å². The van der Waals surface area contributed by atoms with Gasteiger partial charge < -0.3 is 10.6 Å². The molecule has 28 heavy (non-hydrogen) atoms. The first-order chi connectivity index (χ1) is 12.9. The number of benzene rings is 1. The van der Waals surface area contributed by atoms with Crippen LogP contribution >= 0.6 is 24.2 Å². The summed E-state index contributed by atoms with van der Waals surface area (Å²) in [6.45, 7) is 5.57. The Bertz CT molecular complexity index is 757. The molecular weight excluding hydrogens is 392 g/mol. The maximum Gasteiger partial charge on any atom is 0.240 e. The van der Waals surface area contributed by atoms with Gasteiger partial charge in [-0.25, -0.2) is 0 Å². The molecule has 0 saturated carbocycles. The van der Waals surface area contributed by atoms with Crippen LogP contribution in [0.2, 0.25) is 0 Å². The number of likely N-dealkylation sites (tertiary alicyclic amines) is 1. The summed E-state index contributed by atoms with van der Waals surface area (Å²) in [6.07, 6.45) is 4.75. The third-order valence-electron chi connectivity index (χ3n) is 5.65. The fourth-order valence-corrected chi connectivity index (χ4v) is 3.87. The molecule has 2 heterocycles. The number of piperidine rings is 1. The molecule has 3 N–H and O–H groups in total. The average molecular weight is 423 g/mol. The zero-order valence-corrected chi connectivity index (χ0v) is 18.5. The minimum atomic E-state index is -0.466. The summed E-state index contributed by atoms with van der Waals surface area (Å²) >= 11 is 1.64. The molecular formula is C21H31ClN4OS. The number of carbonyl (C=O) groups excluding carboxylic acids is 1. The summed E-state index contributed by atoms with van der Waals surface area (Å²) in [5, 5.41) is 7.72. The van der Waals surface area contributed by atoms with Crippen LogP contribution in [0.25, 0.3) is 0 Å². The average Bonchev–Trinajstić information content (AvgIpc) is 3.16. The van der Waals surface area contributed by atoms with Gasteiger partial charge >= 0.3 is 0 Å². The van der Waals surface area contributed by atoms with Gasteiger partial charge in [0.2, 0.25) is 5.91 Å². The van der Waals surface area contributed by atoms with Crippen molar-refractivity contribution in [1.29, 1.82) is 0 Å². The number of nitrogens with zero attached hydrogens (tertiary/aromatic N) is 2. The number of rotatable bonds is 6. The van der Waals surface area contributed by atoms with E-state index >= 15 is 0 Å². The van der Waals surface area contributed by atoms with E-state index in [4.69, 9.17) is 5.73 Å². The number of halogens is 1. The Morgan fingerprint density at radius 3 is 2.57 bits per heavy atom. The molecule has 0 unspecified atom stereocenters. The van der Waals surface area contributed by atoms with Crippen molar-refractivity contribution in [1.82, 2.24) is 15.1 Å². The molecule has 3 rings (SSSR count). The van der Waals surface area contributed by atoms with Gasteiger partial charge in [0.25, 0.3) is 0 Å². The van der Waals surface area contributed by atoms with Crippen molar-refractivity contribution in [3.8, 4) is 0 Å². The fourth-order valence-electron chi connectivity index (χ4n) is 3.51. The molecule has 0 bridgehead atoms. The van der Waals surface area contributed by atoms with E-state index in [0.29, 0.717) is 5.92 Å². The molecule has 1 saturated heterocycles. The summed E-state index contributed by atoms with van der Waals surface area (Å²) < 4.78 is -0.248. The highest BCUT2D eigenvalue weighted by Gasteiger charge is 2.35. The van der Waals surface area contributed by atoms with Crippen molar-refractivity contribution in [2.24, 2.45) is 5.73 Å². The molecule has 1 atom stereocenters. The number of aromatic nitrogens is 2. The van der Waals surface area contributed by atoms with E-state index in [2.05, 4.69) is 40.5 Å². The second-order valence-corrected chi connectivity index (χ2v) is 9.33. The lowest BCUT2D eigenvalue weighted by atomic mass is 9.92. The number of H-pyrrole nitrogens is 1. The van der Waals surface area contributed by atoms with Gasteiger partial charge in [0.15, 0.2) is 0 Å². The first-order valence-electron chi connectivity index (χ1n) is 9.58. The zero-order chi connectivity index (χ0) is 19.4. The van der Waals surface area contributed by atoms with Gasteiger partial charge in [-0.05, 0) is 44.6 Å². The van der Waals surface area contributed by atoms with Gasteiger partial charge in [-0.15, -0.1) is 12.4 Å². The zero-order valence-electron chi connectivity index (χ0n) is 16.9. The summed E-state index contributed by atoms with van der Waals surface area (Å²) in [6, 6.07) is 12.1. The van der Waals surface area contributed by atoms with E-state index in [1.54, 1.807) is 11.8 Å². The summed E-state index contributed by atoms with van der Waals surface area (Å²) in [7, 11) is 0. The second kappa shape index (κ2) is 9.81. The molecule has 2 aromatic rings. The van der Waals surface area contributed by atoms with Crippen LogP contribution < -0.4 is 5.73 Å². The van der Waals surface area contributed by atoms with Gasteiger partial charge in [0, 0.05) is 35.9 Å². The van der Waals surface area contributed by atoms with Crippen LogP contribution in [0, 0.1) is 0 Å². The molecule has 1 fully saturated rings. The maximum absolute atomic E-state index is 12.7. The number of thioether (sulfide) groups is 1. The summed E-state index contributed by atoms with van der Waals surface area (Å²) in [5.41, 5.74) is 9.76. The highest BCUT2D eigenvalue weighted by atomic mass is 35.5. The second-order valence-electron chi connectivity index (χ2n) is 7.87. The van der Waals surface area contributed by atoms with Crippen LogP contribution in [0.1, 0.15) is 49.6 Å². The molecule has 0 spiro atoms. The lowest BCUT2D eigenvalue weighted by Gasteiger charge is -2.37. The standard InChI is InChI=1S/C21H30N4OS.ClH/c1-21(2,27-3)19(22)20(26)25-11-9-16(10-12-25)18-14-17(23-24-18)13-15-7-5-4-6-8-15;/h4-8,14,16,19H,9-13,22H2,1-3H3,(H,23,24);1H/t19-;/m1./s1. The molecule has 1 aromatic heterocycles. The quantitative estimate of drug-likeness (QED) is 0.745. The van der Waals surface area contributed by atoms with Gasteiger partial charge in [-0.3, -0.25) is 9.89 Å². The largest absolute Gasteiger partial charge is 0.341 e. The number of aromatic amines is 1. The lowest BCUT2D eigenvalue weighted by molar-refractivity contribution is -0.134. The Balaban J connectivity index is 0.00000280. The summed E-state index contributed by atoms with van der Waals surface area (Å²) in [4.78, 5) is 14.6. The van der Waals surface area contributed by atoms with Gasteiger partial charge in [-0.2, -0.15) is 16.9 Å². The van der Waals surface area contributed by atoms with Crippen LogP contribution in [0.5, 0.6) is 0 Å². The predicted octanol–water partition coefficient (Wildman–Crippen LogP) is 3.60. The number of amides is 1. The van der Waals surface area contributed by atoms with Crippen LogP contribution in [-0.4, -0.2) is 51.1 Å². The third-order valence-corrected chi connectivity index (χ3v) is 6.96. The van der Waals surface area contributed by atoms with Crippen LogP contribution in [0.3, 0.4) is 0 Å². The van der Waals surface area contributed by atoms with E-state index in [1.807, 2.05) is 31.1 Å². The molecule has 7 heteroatoms. The number of hydrogen-bond donors (Lipinski definition) is 2. The molecule has 0 radical (unpaired) electrons. The smallest absolute Gasteiger partial charge is 0.240 e. The minimum Gasteiger partial charge on any atom is -0.341 e. The van der Waals surface area contributed by atoms with Crippen molar-refractivity contribution in [2.45, 2.75) is 49.8 Å². The topological polar surface area (TPSA) is 75.0 Å². The Hall–Kier alpha value is -1.50. The van der Waals surface area contributed by atoms with Gasteiger partial charge in [0.1, 0.15) is 0 Å². The molecule has 1 aromatic carbocycles. The number of nitrogens with one attached hydrogen (secondary N) is 1. The van der Waals surface area contributed by atoms with Crippen LogP contribution in [0.4, 0.5) is 0 Å². The molecule has 1 aliphatic rings. The fraction of sp³-hybridized carbons (Fsp3) is 0.524. The Kier molecular flexibility index (Phi) is 7.98. The van der Waals surface area contributed by atoms with E-state index < -0.39 is 6.04 Å². The highest BCUT2D eigenvalue weighted by Crippen LogP contribution is 2.30. The maximum atomic E-state index is 12.7. The third kappa shape index (κ3) is 5.31. The molecule has 1 aliphatic heterocycles. The van der Waals surface area contributed by atoms with E-state index in [-0.39, 0.29) is 23.1 Å². The van der Waals surface area contributed by atoms with Gasteiger partial charge in [0.05, 0.1) is 11.7 Å².